The van der Waals surface area contributed by atoms with Crippen molar-refractivity contribution >= 4 is 28.6 Å². The number of carbonyl (C=O) groups excluding carboxylic acids is 1. The van der Waals surface area contributed by atoms with Gasteiger partial charge in [-0.1, -0.05) is 6.92 Å². The number of likely N-dealkylation sites (tertiary alicyclic amines) is 1. The lowest BCUT2D eigenvalue weighted by atomic mass is 10.0. The van der Waals surface area contributed by atoms with E-state index in [4.69, 9.17) is 0 Å². The third-order valence-corrected chi connectivity index (χ3v) is 6.12. The van der Waals surface area contributed by atoms with Crippen LogP contribution in [0.1, 0.15) is 41.6 Å². The number of amides is 1. The van der Waals surface area contributed by atoms with Gasteiger partial charge in [-0.05, 0) is 44.2 Å². The molecule has 1 aliphatic rings. The Labute approximate surface area is 145 Å². The van der Waals surface area contributed by atoms with E-state index in [0.29, 0.717) is 6.04 Å². The number of aryl methyl sites for hydroxylation is 1. The average molecular weight is 350 g/mol. The van der Waals surface area contributed by atoms with Crippen molar-refractivity contribution in [3.8, 4) is 10.6 Å². The van der Waals surface area contributed by atoms with Gasteiger partial charge in [0.2, 0.25) is 0 Å². The van der Waals surface area contributed by atoms with E-state index in [1.165, 1.54) is 24.3 Å². The van der Waals surface area contributed by atoms with Crippen molar-refractivity contribution in [2.45, 2.75) is 39.2 Å². The predicted molar refractivity (Wildman–Crippen MR) is 97.4 cm³/mol. The van der Waals surface area contributed by atoms with Gasteiger partial charge >= 0.3 is 0 Å². The van der Waals surface area contributed by atoms with Crippen molar-refractivity contribution in [2.75, 3.05) is 19.6 Å². The summed E-state index contributed by atoms with van der Waals surface area (Å²) in [6.07, 6.45) is 3.28. The first-order valence-electron chi connectivity index (χ1n) is 8.20. The van der Waals surface area contributed by atoms with E-state index >= 15 is 0 Å². The predicted octanol–water partition coefficient (Wildman–Crippen LogP) is 3.78. The summed E-state index contributed by atoms with van der Waals surface area (Å²) in [7, 11) is 0. The first-order chi connectivity index (χ1) is 11.2. The highest BCUT2D eigenvalue weighted by atomic mass is 32.1. The van der Waals surface area contributed by atoms with Gasteiger partial charge in [0.05, 0.1) is 5.69 Å². The molecule has 6 heteroatoms. The van der Waals surface area contributed by atoms with E-state index in [1.807, 2.05) is 18.4 Å². The Kier molecular flexibility index (Phi) is 5.46. The van der Waals surface area contributed by atoms with E-state index in [-0.39, 0.29) is 5.91 Å². The van der Waals surface area contributed by atoms with Crippen LogP contribution >= 0.6 is 22.7 Å². The molecule has 1 N–H and O–H groups in total. The Morgan fingerprint density at radius 2 is 2.22 bits per heavy atom. The SMILES string of the molecule is CCCN1CCC(NC(=O)c2sc(-c3ccsc3)nc2C)CC1. The molecule has 3 rings (SSSR count). The summed E-state index contributed by atoms with van der Waals surface area (Å²) >= 11 is 3.15. The molecule has 0 aromatic carbocycles. The maximum Gasteiger partial charge on any atom is 0.263 e. The maximum atomic E-state index is 12.6. The molecule has 1 fully saturated rings. The second-order valence-electron chi connectivity index (χ2n) is 6.03. The summed E-state index contributed by atoms with van der Waals surface area (Å²) in [5.74, 6) is 0.0374. The van der Waals surface area contributed by atoms with E-state index in [9.17, 15) is 4.79 Å². The molecule has 0 bridgehead atoms. The fraction of sp³-hybridized carbons (Fsp3) is 0.529. The summed E-state index contributed by atoms with van der Waals surface area (Å²) in [5, 5.41) is 8.25. The fourth-order valence-electron chi connectivity index (χ4n) is 2.98. The number of carbonyl (C=O) groups is 1. The number of piperidine rings is 1. The molecule has 1 saturated heterocycles. The van der Waals surface area contributed by atoms with Gasteiger partial charge in [0.1, 0.15) is 9.88 Å². The van der Waals surface area contributed by atoms with Crippen LogP contribution in [0.2, 0.25) is 0 Å². The minimum Gasteiger partial charge on any atom is -0.348 e. The van der Waals surface area contributed by atoms with E-state index in [0.717, 1.165) is 47.1 Å². The van der Waals surface area contributed by atoms with Gasteiger partial charge in [-0.3, -0.25) is 4.79 Å². The molecule has 0 unspecified atom stereocenters. The normalized spacial score (nSPS) is 16.6. The second kappa shape index (κ2) is 7.55. The van der Waals surface area contributed by atoms with Crippen molar-refractivity contribution in [1.82, 2.24) is 15.2 Å². The molecule has 1 aliphatic heterocycles. The average Bonchev–Trinajstić information content (AvgIpc) is 3.18. The lowest BCUT2D eigenvalue weighted by Gasteiger charge is -2.31. The minimum atomic E-state index is 0.0374. The van der Waals surface area contributed by atoms with Gasteiger partial charge in [0.25, 0.3) is 5.91 Å². The number of hydrogen-bond acceptors (Lipinski definition) is 5. The van der Waals surface area contributed by atoms with Gasteiger partial charge < -0.3 is 10.2 Å². The number of nitrogens with one attached hydrogen (secondary N) is 1. The number of thiazole rings is 1. The summed E-state index contributed by atoms with van der Waals surface area (Å²) in [6.45, 7) is 7.47. The van der Waals surface area contributed by atoms with Crippen molar-refractivity contribution in [2.24, 2.45) is 0 Å². The highest BCUT2D eigenvalue weighted by Gasteiger charge is 2.23. The summed E-state index contributed by atoms with van der Waals surface area (Å²) in [5.41, 5.74) is 1.94. The van der Waals surface area contributed by atoms with Crippen LogP contribution in [0.3, 0.4) is 0 Å². The van der Waals surface area contributed by atoms with Crippen LogP contribution in [0.25, 0.3) is 10.6 Å². The highest BCUT2D eigenvalue weighted by molar-refractivity contribution is 7.17. The largest absolute Gasteiger partial charge is 0.348 e. The third-order valence-electron chi connectivity index (χ3n) is 4.23. The van der Waals surface area contributed by atoms with Crippen molar-refractivity contribution in [3.63, 3.8) is 0 Å². The summed E-state index contributed by atoms with van der Waals surface area (Å²) < 4.78 is 0. The third kappa shape index (κ3) is 4.00. The smallest absolute Gasteiger partial charge is 0.263 e. The van der Waals surface area contributed by atoms with Crippen LogP contribution < -0.4 is 5.32 Å². The van der Waals surface area contributed by atoms with Gasteiger partial charge in [0, 0.05) is 30.1 Å². The lowest BCUT2D eigenvalue weighted by Crippen LogP contribution is -2.44. The Bertz CT molecular complexity index is 643. The molecule has 0 spiro atoms. The van der Waals surface area contributed by atoms with Gasteiger partial charge in [-0.15, -0.1) is 11.3 Å². The molecule has 1 amide bonds. The number of nitrogens with zero attached hydrogens (tertiary/aromatic N) is 2. The number of hydrogen-bond donors (Lipinski definition) is 1. The van der Waals surface area contributed by atoms with Gasteiger partial charge in [0.15, 0.2) is 0 Å². The molecular formula is C17H23N3OS2. The fourth-order valence-corrected chi connectivity index (χ4v) is 4.67. The Morgan fingerprint density at radius 3 is 2.87 bits per heavy atom. The van der Waals surface area contributed by atoms with Crippen molar-refractivity contribution < 1.29 is 4.79 Å². The summed E-state index contributed by atoms with van der Waals surface area (Å²) in [4.78, 5) is 20.4. The van der Waals surface area contributed by atoms with Crippen LogP contribution in [0.15, 0.2) is 16.8 Å². The zero-order chi connectivity index (χ0) is 16.2. The standard InChI is InChI=1S/C17H23N3OS2/c1-3-7-20-8-4-14(5-9-20)19-16(21)15-12(2)18-17(23-15)13-6-10-22-11-13/h6,10-11,14H,3-5,7-9H2,1-2H3,(H,19,21). The Balaban J connectivity index is 1.61. The quantitative estimate of drug-likeness (QED) is 0.893. The van der Waals surface area contributed by atoms with Crippen LogP contribution in [0.5, 0.6) is 0 Å². The first-order valence-corrected chi connectivity index (χ1v) is 9.96. The molecule has 0 atom stereocenters. The molecule has 0 saturated carbocycles. The van der Waals surface area contributed by atoms with Crippen molar-refractivity contribution in [3.05, 3.63) is 27.4 Å². The minimum absolute atomic E-state index is 0.0374. The maximum absolute atomic E-state index is 12.6. The van der Waals surface area contributed by atoms with Crippen LogP contribution in [-0.4, -0.2) is 41.5 Å². The molecular weight excluding hydrogens is 326 g/mol. The molecule has 4 nitrogen and oxygen atoms in total. The molecule has 0 aliphatic carbocycles. The topological polar surface area (TPSA) is 45.2 Å². The molecule has 23 heavy (non-hydrogen) atoms. The van der Waals surface area contributed by atoms with Gasteiger partial charge in [-0.2, -0.15) is 11.3 Å². The molecule has 2 aromatic rings. The number of aromatic nitrogens is 1. The summed E-state index contributed by atoms with van der Waals surface area (Å²) in [6, 6.07) is 2.34. The van der Waals surface area contributed by atoms with Crippen LogP contribution in [0.4, 0.5) is 0 Å². The van der Waals surface area contributed by atoms with Crippen molar-refractivity contribution in [1.29, 1.82) is 0 Å². The molecule has 0 radical (unpaired) electrons. The Morgan fingerprint density at radius 1 is 1.43 bits per heavy atom. The lowest BCUT2D eigenvalue weighted by molar-refractivity contribution is 0.0914. The van der Waals surface area contributed by atoms with Crippen LogP contribution in [-0.2, 0) is 0 Å². The second-order valence-corrected chi connectivity index (χ2v) is 7.81. The number of thiophene rings is 1. The molecule has 124 valence electrons. The molecule has 3 heterocycles. The van der Waals surface area contributed by atoms with E-state index < -0.39 is 0 Å². The van der Waals surface area contributed by atoms with Gasteiger partial charge in [-0.25, -0.2) is 4.98 Å². The number of rotatable bonds is 5. The monoisotopic (exact) mass is 349 g/mol. The zero-order valence-corrected chi connectivity index (χ0v) is 15.3. The van der Waals surface area contributed by atoms with E-state index in [2.05, 4.69) is 27.5 Å². The molecule has 2 aromatic heterocycles. The van der Waals surface area contributed by atoms with E-state index in [1.54, 1.807) is 11.3 Å². The Hall–Kier alpha value is -1.24. The van der Waals surface area contributed by atoms with Crippen LogP contribution in [0, 0.1) is 6.92 Å². The first kappa shape index (κ1) is 16.6. The zero-order valence-electron chi connectivity index (χ0n) is 13.7. The highest BCUT2D eigenvalue weighted by Crippen LogP contribution is 2.29.